The van der Waals surface area contributed by atoms with Crippen molar-refractivity contribution in [2.45, 2.75) is 51.7 Å². The molecule has 7 nitrogen and oxygen atoms in total. The quantitative estimate of drug-likeness (QED) is 0.351. The van der Waals surface area contributed by atoms with Crippen molar-refractivity contribution in [1.82, 2.24) is 19.5 Å². The van der Waals surface area contributed by atoms with Gasteiger partial charge in [-0.25, -0.2) is 18.7 Å². The van der Waals surface area contributed by atoms with Crippen molar-refractivity contribution in [3.8, 4) is 22.8 Å². The van der Waals surface area contributed by atoms with Gasteiger partial charge in [-0.15, -0.1) is 0 Å². The molecule has 1 aromatic carbocycles. The largest absolute Gasteiger partial charge is 0.487 e. The number of benzene rings is 1. The first-order valence-electron chi connectivity index (χ1n) is 12.0. The van der Waals surface area contributed by atoms with E-state index >= 15 is 0 Å². The normalized spacial score (nSPS) is 18.8. The molecule has 1 saturated carbocycles. The van der Waals surface area contributed by atoms with Gasteiger partial charge in [-0.1, -0.05) is 11.6 Å². The van der Waals surface area contributed by atoms with E-state index in [9.17, 15) is 18.7 Å². The predicted octanol–water partition coefficient (Wildman–Crippen LogP) is 5.45. The number of nitrogens with zero attached hydrogens (tertiary/aromatic N) is 4. The Labute approximate surface area is 222 Å². The third-order valence-electron chi connectivity index (χ3n) is 6.69. The Morgan fingerprint density at radius 1 is 1.13 bits per heavy atom. The number of rotatable bonds is 6. The molecule has 10 heteroatoms. The number of hydrogen-bond donors (Lipinski definition) is 1. The van der Waals surface area contributed by atoms with E-state index < -0.39 is 22.8 Å². The summed E-state index contributed by atoms with van der Waals surface area (Å²) in [6.45, 7) is 5.13. The van der Waals surface area contributed by atoms with Crippen molar-refractivity contribution in [3.63, 3.8) is 0 Å². The molecular weight excluding hydrogens is 514 g/mol. The lowest BCUT2D eigenvalue weighted by Gasteiger charge is -2.39. The summed E-state index contributed by atoms with van der Waals surface area (Å²) < 4.78 is 34.3. The maximum absolute atomic E-state index is 14.0. The Hall–Kier alpha value is -3.69. The van der Waals surface area contributed by atoms with Gasteiger partial charge in [-0.05, 0) is 63.4 Å². The average molecular weight is 539 g/mol. The molecule has 38 heavy (non-hydrogen) atoms. The van der Waals surface area contributed by atoms with Crippen LogP contribution in [0.5, 0.6) is 5.75 Å². The fourth-order valence-corrected chi connectivity index (χ4v) is 4.87. The highest BCUT2D eigenvalue weighted by molar-refractivity contribution is 6.31. The third kappa shape index (κ3) is 5.04. The first-order valence-corrected chi connectivity index (χ1v) is 12.4. The summed E-state index contributed by atoms with van der Waals surface area (Å²) in [4.78, 5) is 26.9. The van der Waals surface area contributed by atoms with Crippen LogP contribution in [-0.2, 0) is 6.61 Å². The van der Waals surface area contributed by atoms with E-state index in [0.29, 0.717) is 41.4 Å². The zero-order valence-electron chi connectivity index (χ0n) is 21.0. The van der Waals surface area contributed by atoms with Gasteiger partial charge >= 0.3 is 0 Å². The Morgan fingerprint density at radius 2 is 1.89 bits per heavy atom. The highest BCUT2D eigenvalue weighted by atomic mass is 35.5. The van der Waals surface area contributed by atoms with Gasteiger partial charge in [0.2, 0.25) is 0 Å². The van der Waals surface area contributed by atoms with E-state index in [2.05, 4.69) is 15.0 Å². The van der Waals surface area contributed by atoms with Gasteiger partial charge in [-0.2, -0.15) is 0 Å². The van der Waals surface area contributed by atoms with Gasteiger partial charge in [0.25, 0.3) is 5.56 Å². The predicted molar refractivity (Wildman–Crippen MR) is 139 cm³/mol. The smallest absolute Gasteiger partial charge is 0.277 e. The Balaban J connectivity index is 1.46. The standard InChI is InChI=1S/C28H25ClF2N4O3/c1-15-13-33-22(21-6-7-32-26(34-21)18-11-28(3,37)12-18)10-23(15)35-16(2)8-24(25(29)27(35)36)38-14-17-4-5-19(30)9-20(17)31/h4-10,13,18,37H,11-12,14H2,1-3H3. The molecule has 0 atom stereocenters. The maximum Gasteiger partial charge on any atom is 0.277 e. The molecule has 3 aromatic heterocycles. The first-order chi connectivity index (χ1) is 18.0. The van der Waals surface area contributed by atoms with Gasteiger partial charge in [0.15, 0.2) is 0 Å². The number of aromatic nitrogens is 4. The van der Waals surface area contributed by atoms with Gasteiger partial charge in [0.05, 0.1) is 22.7 Å². The summed E-state index contributed by atoms with van der Waals surface area (Å²) in [5.74, 6) is -0.619. The summed E-state index contributed by atoms with van der Waals surface area (Å²) in [6.07, 6.45) is 4.51. The lowest BCUT2D eigenvalue weighted by Crippen LogP contribution is -2.39. The molecule has 0 amide bonds. The second-order valence-corrected chi connectivity index (χ2v) is 10.3. The zero-order chi connectivity index (χ0) is 27.2. The summed E-state index contributed by atoms with van der Waals surface area (Å²) in [6, 6.07) is 8.28. The number of aryl methyl sites for hydroxylation is 2. The molecular formula is C28H25ClF2N4O3. The van der Waals surface area contributed by atoms with Crippen LogP contribution in [0.1, 0.15) is 48.3 Å². The van der Waals surface area contributed by atoms with Crippen LogP contribution in [-0.4, -0.2) is 30.2 Å². The van der Waals surface area contributed by atoms with E-state index in [1.54, 1.807) is 44.4 Å². The van der Waals surface area contributed by atoms with E-state index in [1.807, 2.05) is 6.92 Å². The Morgan fingerprint density at radius 3 is 2.61 bits per heavy atom. The van der Waals surface area contributed by atoms with Crippen LogP contribution >= 0.6 is 11.6 Å². The molecule has 0 unspecified atom stereocenters. The van der Waals surface area contributed by atoms with Crippen molar-refractivity contribution in [2.75, 3.05) is 0 Å². The van der Waals surface area contributed by atoms with Crippen LogP contribution in [0.3, 0.4) is 0 Å². The zero-order valence-corrected chi connectivity index (χ0v) is 21.8. The fraction of sp³-hybridized carbons (Fsp3) is 0.286. The number of halogens is 3. The van der Waals surface area contributed by atoms with Gasteiger partial charge in [0, 0.05) is 41.7 Å². The van der Waals surface area contributed by atoms with Gasteiger partial charge in [0.1, 0.15) is 34.8 Å². The van der Waals surface area contributed by atoms with E-state index in [1.165, 1.54) is 10.6 Å². The molecule has 0 saturated heterocycles. The van der Waals surface area contributed by atoms with Crippen LogP contribution in [0.15, 0.2) is 53.6 Å². The van der Waals surface area contributed by atoms with E-state index in [4.69, 9.17) is 16.3 Å². The fourth-order valence-electron chi connectivity index (χ4n) is 4.67. The molecule has 1 aliphatic rings. The number of hydrogen-bond acceptors (Lipinski definition) is 6. The van der Waals surface area contributed by atoms with Crippen molar-refractivity contribution in [2.24, 2.45) is 0 Å². The monoisotopic (exact) mass is 538 g/mol. The summed E-state index contributed by atoms with van der Waals surface area (Å²) in [5.41, 5.74) is 1.92. The van der Waals surface area contributed by atoms with Crippen molar-refractivity contribution < 1.29 is 18.6 Å². The Bertz CT molecular complexity index is 1600. The molecule has 0 radical (unpaired) electrons. The number of aliphatic hydroxyl groups is 1. The molecule has 0 bridgehead atoms. The number of ether oxygens (including phenoxy) is 1. The van der Waals surface area contributed by atoms with E-state index in [-0.39, 0.29) is 28.9 Å². The first kappa shape index (κ1) is 25.9. The van der Waals surface area contributed by atoms with Gasteiger partial charge < -0.3 is 9.84 Å². The Kier molecular flexibility index (Phi) is 6.75. The summed E-state index contributed by atoms with van der Waals surface area (Å²) >= 11 is 6.39. The van der Waals surface area contributed by atoms with Crippen LogP contribution in [0, 0.1) is 25.5 Å². The molecule has 1 aliphatic carbocycles. The molecule has 5 rings (SSSR count). The molecule has 196 valence electrons. The molecule has 4 aromatic rings. The van der Waals surface area contributed by atoms with Crippen molar-refractivity contribution in [1.29, 1.82) is 0 Å². The molecule has 0 spiro atoms. The highest BCUT2D eigenvalue weighted by Gasteiger charge is 2.40. The molecule has 1 fully saturated rings. The lowest BCUT2D eigenvalue weighted by atomic mass is 9.72. The lowest BCUT2D eigenvalue weighted by molar-refractivity contribution is -0.0334. The minimum Gasteiger partial charge on any atom is -0.487 e. The summed E-state index contributed by atoms with van der Waals surface area (Å²) in [7, 11) is 0. The summed E-state index contributed by atoms with van der Waals surface area (Å²) in [5, 5.41) is 9.91. The minimum absolute atomic E-state index is 0.0782. The SMILES string of the molecule is Cc1cnc(-c2ccnc(C3CC(C)(O)C3)n2)cc1-n1c(C)cc(OCc2ccc(F)cc2F)c(Cl)c1=O. The maximum atomic E-state index is 14.0. The van der Waals surface area contributed by atoms with Crippen LogP contribution < -0.4 is 10.3 Å². The molecule has 3 heterocycles. The highest BCUT2D eigenvalue weighted by Crippen LogP contribution is 2.43. The minimum atomic E-state index is -0.748. The topological polar surface area (TPSA) is 90.1 Å². The van der Waals surface area contributed by atoms with Gasteiger partial charge in [-0.3, -0.25) is 14.3 Å². The second-order valence-electron chi connectivity index (χ2n) is 9.89. The molecule has 0 aliphatic heterocycles. The molecule has 1 N–H and O–H groups in total. The number of pyridine rings is 2. The van der Waals surface area contributed by atoms with Crippen LogP contribution in [0.4, 0.5) is 8.78 Å². The van der Waals surface area contributed by atoms with Crippen molar-refractivity contribution in [3.05, 3.63) is 98.4 Å². The second kappa shape index (κ2) is 9.89. The van der Waals surface area contributed by atoms with Crippen molar-refractivity contribution >= 4 is 11.6 Å². The van der Waals surface area contributed by atoms with E-state index in [0.717, 1.165) is 17.7 Å². The third-order valence-corrected chi connectivity index (χ3v) is 7.04. The van der Waals surface area contributed by atoms with Crippen LogP contribution in [0.2, 0.25) is 5.02 Å². The van der Waals surface area contributed by atoms with Crippen LogP contribution in [0.25, 0.3) is 17.1 Å². The average Bonchev–Trinajstić information content (AvgIpc) is 2.86.